The average Bonchev–Trinajstić information content (AvgIpc) is 2.21. The molecule has 0 aliphatic rings. The van der Waals surface area contributed by atoms with Gasteiger partial charge in [-0.05, 0) is 51.0 Å². The Kier molecular flexibility index (Phi) is 4.01. The highest BCUT2D eigenvalue weighted by molar-refractivity contribution is 7.93. The van der Waals surface area contributed by atoms with Gasteiger partial charge in [0.05, 0.1) is 10.8 Å². The predicted molar refractivity (Wildman–Crippen MR) is 70.6 cm³/mol. The number of hydrogen-bond donors (Lipinski definition) is 2. The van der Waals surface area contributed by atoms with Crippen molar-refractivity contribution in [1.82, 2.24) is 0 Å². The van der Waals surface area contributed by atoms with E-state index in [4.69, 9.17) is 5.11 Å². The molecule has 0 aromatic heterocycles. The number of hydrogen-bond acceptors (Lipinski definition) is 3. The number of carboxylic acid groups (broad SMARTS) is 1. The van der Waals surface area contributed by atoms with E-state index in [1.807, 2.05) is 0 Å². The minimum absolute atomic E-state index is 0.108. The molecule has 0 amide bonds. The van der Waals surface area contributed by atoms with Crippen molar-refractivity contribution < 1.29 is 18.3 Å². The molecule has 0 aliphatic heterocycles. The second kappa shape index (κ2) is 4.97. The molecule has 18 heavy (non-hydrogen) atoms. The second-order valence-electron chi connectivity index (χ2n) is 4.47. The Morgan fingerprint density at radius 3 is 2.28 bits per heavy atom. The van der Waals surface area contributed by atoms with Gasteiger partial charge in [-0.15, -0.1) is 0 Å². The third-order valence-corrected chi connectivity index (χ3v) is 4.54. The fourth-order valence-corrected chi connectivity index (χ4v) is 2.10. The summed E-state index contributed by atoms with van der Waals surface area (Å²) in [6.07, 6.45) is 0. The van der Waals surface area contributed by atoms with Gasteiger partial charge in [0.15, 0.2) is 0 Å². The fraction of sp³-hybridized carbons (Fsp3) is 0.417. The van der Waals surface area contributed by atoms with Gasteiger partial charge in [-0.3, -0.25) is 4.72 Å². The van der Waals surface area contributed by atoms with E-state index < -0.39 is 21.2 Å². The van der Waals surface area contributed by atoms with Gasteiger partial charge in [0.25, 0.3) is 0 Å². The van der Waals surface area contributed by atoms with Crippen molar-refractivity contribution >= 4 is 21.7 Å². The highest BCUT2D eigenvalue weighted by atomic mass is 32.2. The van der Waals surface area contributed by atoms with Crippen LogP contribution in [-0.4, -0.2) is 24.7 Å². The minimum atomic E-state index is -3.47. The summed E-state index contributed by atoms with van der Waals surface area (Å²) >= 11 is 0. The van der Waals surface area contributed by atoms with Gasteiger partial charge in [-0.1, -0.05) is 0 Å². The monoisotopic (exact) mass is 271 g/mol. The van der Waals surface area contributed by atoms with Crippen molar-refractivity contribution in [2.24, 2.45) is 0 Å². The van der Waals surface area contributed by atoms with Gasteiger partial charge < -0.3 is 5.11 Å². The molecular formula is C12H17NO4S. The number of rotatable bonds is 4. The van der Waals surface area contributed by atoms with E-state index in [2.05, 4.69) is 4.72 Å². The molecule has 0 saturated heterocycles. The van der Waals surface area contributed by atoms with Crippen LogP contribution in [0, 0.1) is 13.8 Å². The molecule has 1 rings (SSSR count). The SMILES string of the molecule is Cc1cc(NS(=O)(=O)C(C)C)cc(C(=O)O)c1C. The van der Waals surface area contributed by atoms with Crippen LogP contribution >= 0.6 is 0 Å². The Hall–Kier alpha value is -1.56. The first kappa shape index (κ1) is 14.5. The van der Waals surface area contributed by atoms with Crippen molar-refractivity contribution in [1.29, 1.82) is 0 Å². The normalized spacial score (nSPS) is 11.6. The van der Waals surface area contributed by atoms with Crippen LogP contribution in [0.4, 0.5) is 5.69 Å². The molecule has 6 heteroatoms. The second-order valence-corrected chi connectivity index (χ2v) is 6.70. The molecule has 1 aromatic rings. The molecule has 2 N–H and O–H groups in total. The van der Waals surface area contributed by atoms with Crippen LogP contribution in [0.1, 0.15) is 35.3 Å². The van der Waals surface area contributed by atoms with Gasteiger partial charge in [0.2, 0.25) is 10.0 Å². The van der Waals surface area contributed by atoms with Crippen LogP contribution in [0.3, 0.4) is 0 Å². The Morgan fingerprint density at radius 2 is 1.83 bits per heavy atom. The van der Waals surface area contributed by atoms with Crippen molar-refractivity contribution in [3.8, 4) is 0 Å². The number of carboxylic acids is 1. The molecular weight excluding hydrogens is 254 g/mol. The van der Waals surface area contributed by atoms with E-state index in [0.717, 1.165) is 5.56 Å². The first-order valence-electron chi connectivity index (χ1n) is 5.51. The lowest BCUT2D eigenvalue weighted by molar-refractivity contribution is 0.0696. The lowest BCUT2D eigenvalue weighted by Gasteiger charge is -2.13. The molecule has 0 radical (unpaired) electrons. The summed E-state index contributed by atoms with van der Waals surface area (Å²) in [5.41, 5.74) is 1.76. The van der Waals surface area contributed by atoms with Crippen LogP contribution in [0.2, 0.25) is 0 Å². The molecule has 0 spiro atoms. The van der Waals surface area contributed by atoms with E-state index in [9.17, 15) is 13.2 Å². The summed E-state index contributed by atoms with van der Waals surface area (Å²) in [6, 6.07) is 2.96. The molecule has 0 fully saturated rings. The summed E-state index contributed by atoms with van der Waals surface area (Å²) in [6.45, 7) is 6.55. The van der Waals surface area contributed by atoms with Gasteiger partial charge in [-0.2, -0.15) is 0 Å². The van der Waals surface area contributed by atoms with Crippen LogP contribution in [-0.2, 0) is 10.0 Å². The molecule has 1 aromatic carbocycles. The zero-order chi connectivity index (χ0) is 14.1. The number of carbonyl (C=O) groups is 1. The summed E-state index contributed by atoms with van der Waals surface area (Å²) in [5, 5.41) is 8.47. The smallest absolute Gasteiger partial charge is 0.336 e. The third kappa shape index (κ3) is 3.01. The van der Waals surface area contributed by atoms with E-state index >= 15 is 0 Å². The first-order chi connectivity index (χ1) is 8.15. The first-order valence-corrected chi connectivity index (χ1v) is 7.06. The topological polar surface area (TPSA) is 83.5 Å². The third-order valence-electron chi connectivity index (χ3n) is 2.78. The predicted octanol–water partition coefficient (Wildman–Crippen LogP) is 2.15. The minimum Gasteiger partial charge on any atom is -0.478 e. The summed E-state index contributed by atoms with van der Waals surface area (Å²) in [7, 11) is -3.47. The number of aromatic carboxylic acids is 1. The van der Waals surface area contributed by atoms with Gasteiger partial charge in [0, 0.05) is 5.69 Å². The summed E-state index contributed by atoms with van der Waals surface area (Å²) < 4.78 is 25.8. The number of anilines is 1. The van der Waals surface area contributed by atoms with E-state index in [0.29, 0.717) is 5.56 Å². The molecule has 0 unspecified atom stereocenters. The van der Waals surface area contributed by atoms with E-state index in [1.165, 1.54) is 6.07 Å². The summed E-state index contributed by atoms with van der Waals surface area (Å²) in [5.74, 6) is -1.07. The van der Waals surface area contributed by atoms with Gasteiger partial charge >= 0.3 is 5.97 Å². The maximum Gasteiger partial charge on any atom is 0.336 e. The highest BCUT2D eigenvalue weighted by Crippen LogP contribution is 2.21. The van der Waals surface area contributed by atoms with Gasteiger partial charge in [0.1, 0.15) is 0 Å². The van der Waals surface area contributed by atoms with E-state index in [1.54, 1.807) is 33.8 Å². The number of sulfonamides is 1. The van der Waals surface area contributed by atoms with Crippen LogP contribution in [0.25, 0.3) is 0 Å². The van der Waals surface area contributed by atoms with E-state index in [-0.39, 0.29) is 11.3 Å². The van der Waals surface area contributed by atoms with Crippen molar-refractivity contribution in [2.45, 2.75) is 32.9 Å². The largest absolute Gasteiger partial charge is 0.478 e. The molecule has 5 nitrogen and oxygen atoms in total. The van der Waals surface area contributed by atoms with Crippen LogP contribution in [0.15, 0.2) is 12.1 Å². The number of aryl methyl sites for hydroxylation is 1. The van der Waals surface area contributed by atoms with Crippen molar-refractivity contribution in [2.75, 3.05) is 4.72 Å². The molecule has 0 saturated carbocycles. The molecule has 0 bridgehead atoms. The number of benzene rings is 1. The van der Waals surface area contributed by atoms with Gasteiger partial charge in [-0.25, -0.2) is 13.2 Å². The molecule has 0 atom stereocenters. The van der Waals surface area contributed by atoms with Crippen molar-refractivity contribution in [3.63, 3.8) is 0 Å². The Bertz CT molecular complexity index is 576. The quantitative estimate of drug-likeness (QED) is 0.879. The summed E-state index contributed by atoms with van der Waals surface area (Å²) in [4.78, 5) is 11.0. The Balaban J connectivity index is 3.25. The fourth-order valence-electron chi connectivity index (χ4n) is 1.42. The zero-order valence-corrected chi connectivity index (χ0v) is 11.6. The van der Waals surface area contributed by atoms with Crippen LogP contribution < -0.4 is 4.72 Å². The highest BCUT2D eigenvalue weighted by Gasteiger charge is 2.18. The Labute approximate surface area is 107 Å². The lowest BCUT2D eigenvalue weighted by atomic mass is 10.0. The average molecular weight is 271 g/mol. The number of nitrogens with one attached hydrogen (secondary N) is 1. The van der Waals surface area contributed by atoms with Crippen LogP contribution in [0.5, 0.6) is 0 Å². The van der Waals surface area contributed by atoms with Crippen molar-refractivity contribution in [3.05, 3.63) is 28.8 Å². The maximum atomic E-state index is 11.7. The standard InChI is InChI=1S/C12H17NO4S/c1-7(2)18(16,17)13-10-5-8(3)9(4)11(6-10)12(14)15/h5-7,13H,1-4H3,(H,14,15). The maximum absolute atomic E-state index is 11.7. The Morgan fingerprint density at radius 1 is 1.28 bits per heavy atom. The zero-order valence-electron chi connectivity index (χ0n) is 10.8. The molecule has 0 aliphatic carbocycles. The lowest BCUT2D eigenvalue weighted by Crippen LogP contribution is -2.22. The molecule has 0 heterocycles. The molecule has 100 valence electrons.